The van der Waals surface area contributed by atoms with E-state index in [1.165, 1.54) is 0 Å². The number of hydrogen-bond donors (Lipinski definition) is 2. The summed E-state index contributed by atoms with van der Waals surface area (Å²) >= 11 is 0. The number of hydrogen-bond acceptors (Lipinski definition) is 2. The van der Waals surface area contributed by atoms with Gasteiger partial charge in [-0.25, -0.2) is 0 Å². The smallest absolute Gasteiger partial charge is 0.253 e. The van der Waals surface area contributed by atoms with Crippen molar-refractivity contribution < 1.29 is 4.79 Å². The van der Waals surface area contributed by atoms with E-state index in [4.69, 9.17) is 0 Å². The summed E-state index contributed by atoms with van der Waals surface area (Å²) in [6.07, 6.45) is 1.66. The van der Waals surface area contributed by atoms with Gasteiger partial charge in [0, 0.05) is 18.8 Å². The Morgan fingerprint density at radius 1 is 1.47 bits per heavy atom. The third kappa shape index (κ3) is 3.13. The second kappa shape index (κ2) is 5.86. The summed E-state index contributed by atoms with van der Waals surface area (Å²) in [6.45, 7) is 6.84. The molecule has 0 aromatic heterocycles. The van der Waals surface area contributed by atoms with Crippen LogP contribution in [0, 0.1) is 0 Å². The minimum absolute atomic E-state index is 0.0774. The molecule has 80 valence electrons. The van der Waals surface area contributed by atoms with Crippen molar-refractivity contribution in [3.63, 3.8) is 0 Å². The number of rotatable bonds is 5. The molecule has 0 spiro atoms. The van der Waals surface area contributed by atoms with Crippen LogP contribution in [0.3, 0.4) is 0 Å². The van der Waals surface area contributed by atoms with E-state index in [2.05, 4.69) is 17.2 Å². The van der Waals surface area contributed by atoms with Crippen LogP contribution in [0.5, 0.6) is 0 Å². The van der Waals surface area contributed by atoms with Gasteiger partial charge >= 0.3 is 0 Å². The van der Waals surface area contributed by atoms with Gasteiger partial charge in [0.05, 0.1) is 5.56 Å². The molecule has 0 fully saturated rings. The number of carbonyl (C=O) groups excluding carboxylic acids is 1. The second-order valence-corrected chi connectivity index (χ2v) is 3.07. The first-order chi connectivity index (χ1) is 7.29. The molecule has 3 nitrogen and oxygen atoms in total. The Labute approximate surface area is 90.2 Å². The van der Waals surface area contributed by atoms with Crippen LogP contribution in [-0.4, -0.2) is 19.0 Å². The van der Waals surface area contributed by atoms with Crippen molar-refractivity contribution in [2.24, 2.45) is 0 Å². The molecule has 0 radical (unpaired) electrons. The molecule has 3 heteroatoms. The van der Waals surface area contributed by atoms with E-state index in [1.807, 2.05) is 25.1 Å². The van der Waals surface area contributed by atoms with Gasteiger partial charge in [0.25, 0.3) is 5.91 Å². The molecule has 15 heavy (non-hydrogen) atoms. The molecule has 2 N–H and O–H groups in total. The normalized spacial score (nSPS) is 9.40. The highest BCUT2D eigenvalue weighted by Crippen LogP contribution is 2.14. The van der Waals surface area contributed by atoms with E-state index in [0.717, 1.165) is 12.2 Å². The van der Waals surface area contributed by atoms with Crippen LogP contribution in [-0.2, 0) is 0 Å². The van der Waals surface area contributed by atoms with E-state index in [1.54, 1.807) is 12.1 Å². The van der Waals surface area contributed by atoms with Crippen molar-refractivity contribution >= 4 is 11.6 Å². The molecular formula is C12H16N2O. The summed E-state index contributed by atoms with van der Waals surface area (Å²) in [5.41, 5.74) is 1.53. The van der Waals surface area contributed by atoms with Crippen LogP contribution in [0.2, 0.25) is 0 Å². The SMILES string of the molecule is C=CCNC(=O)c1ccccc1NCC. The minimum atomic E-state index is -0.0774. The fourth-order valence-electron chi connectivity index (χ4n) is 1.29. The van der Waals surface area contributed by atoms with Gasteiger partial charge in [-0.15, -0.1) is 6.58 Å². The molecule has 0 atom stereocenters. The van der Waals surface area contributed by atoms with Crippen molar-refractivity contribution in [1.29, 1.82) is 0 Å². The van der Waals surface area contributed by atoms with Crippen LogP contribution in [0.1, 0.15) is 17.3 Å². The molecule has 0 aliphatic carbocycles. The summed E-state index contributed by atoms with van der Waals surface area (Å²) in [6, 6.07) is 7.45. The summed E-state index contributed by atoms with van der Waals surface area (Å²) < 4.78 is 0. The average Bonchev–Trinajstić information content (AvgIpc) is 2.27. The molecule has 1 aromatic carbocycles. The lowest BCUT2D eigenvalue weighted by atomic mass is 10.1. The average molecular weight is 204 g/mol. The number of nitrogens with one attached hydrogen (secondary N) is 2. The van der Waals surface area contributed by atoms with E-state index in [9.17, 15) is 4.79 Å². The Hall–Kier alpha value is -1.77. The van der Waals surface area contributed by atoms with Gasteiger partial charge in [-0.2, -0.15) is 0 Å². The quantitative estimate of drug-likeness (QED) is 0.720. The van der Waals surface area contributed by atoms with Gasteiger partial charge in [-0.3, -0.25) is 4.79 Å². The molecule has 1 aromatic rings. The Balaban J connectivity index is 2.81. The molecule has 0 saturated heterocycles. The van der Waals surface area contributed by atoms with E-state index < -0.39 is 0 Å². The number of anilines is 1. The van der Waals surface area contributed by atoms with Crippen LogP contribution in [0.15, 0.2) is 36.9 Å². The molecule has 1 rings (SSSR count). The van der Waals surface area contributed by atoms with Gasteiger partial charge in [-0.05, 0) is 19.1 Å². The Morgan fingerprint density at radius 2 is 2.20 bits per heavy atom. The zero-order chi connectivity index (χ0) is 11.1. The molecule has 0 unspecified atom stereocenters. The third-order valence-electron chi connectivity index (χ3n) is 1.95. The number of para-hydroxylation sites is 1. The number of amides is 1. The fraction of sp³-hybridized carbons (Fsp3) is 0.250. The Morgan fingerprint density at radius 3 is 2.87 bits per heavy atom. The van der Waals surface area contributed by atoms with Crippen LogP contribution in [0.4, 0.5) is 5.69 Å². The van der Waals surface area contributed by atoms with Crippen molar-refractivity contribution in [2.75, 3.05) is 18.4 Å². The summed E-state index contributed by atoms with van der Waals surface area (Å²) in [5, 5.41) is 5.90. The van der Waals surface area contributed by atoms with E-state index >= 15 is 0 Å². The first kappa shape index (κ1) is 11.3. The molecule has 1 amide bonds. The monoisotopic (exact) mass is 204 g/mol. The lowest BCUT2D eigenvalue weighted by molar-refractivity contribution is 0.0959. The standard InChI is InChI=1S/C12H16N2O/c1-3-9-14-12(15)10-7-5-6-8-11(10)13-4-2/h3,5-8,13H,1,4,9H2,2H3,(H,14,15). The second-order valence-electron chi connectivity index (χ2n) is 3.07. The maximum atomic E-state index is 11.7. The lowest BCUT2D eigenvalue weighted by Crippen LogP contribution is -2.24. The first-order valence-electron chi connectivity index (χ1n) is 5.01. The van der Waals surface area contributed by atoms with Crippen molar-refractivity contribution in [1.82, 2.24) is 5.32 Å². The van der Waals surface area contributed by atoms with Crippen LogP contribution >= 0.6 is 0 Å². The van der Waals surface area contributed by atoms with Gasteiger partial charge in [0.2, 0.25) is 0 Å². The van der Waals surface area contributed by atoms with Crippen LogP contribution < -0.4 is 10.6 Å². The number of carbonyl (C=O) groups is 1. The largest absolute Gasteiger partial charge is 0.385 e. The van der Waals surface area contributed by atoms with E-state index in [-0.39, 0.29) is 5.91 Å². The molecule has 0 bridgehead atoms. The zero-order valence-corrected chi connectivity index (χ0v) is 8.92. The summed E-state index contributed by atoms with van der Waals surface area (Å²) in [5.74, 6) is -0.0774. The maximum absolute atomic E-state index is 11.7. The minimum Gasteiger partial charge on any atom is -0.385 e. The van der Waals surface area contributed by atoms with Crippen molar-refractivity contribution in [3.05, 3.63) is 42.5 Å². The van der Waals surface area contributed by atoms with Gasteiger partial charge in [-0.1, -0.05) is 18.2 Å². The van der Waals surface area contributed by atoms with Crippen LogP contribution in [0.25, 0.3) is 0 Å². The summed E-state index contributed by atoms with van der Waals surface area (Å²) in [7, 11) is 0. The third-order valence-corrected chi connectivity index (χ3v) is 1.95. The van der Waals surface area contributed by atoms with Crippen molar-refractivity contribution in [2.45, 2.75) is 6.92 Å². The first-order valence-corrected chi connectivity index (χ1v) is 5.01. The maximum Gasteiger partial charge on any atom is 0.253 e. The Bertz CT molecular complexity index is 347. The highest BCUT2D eigenvalue weighted by Gasteiger charge is 2.08. The zero-order valence-electron chi connectivity index (χ0n) is 8.92. The highest BCUT2D eigenvalue weighted by atomic mass is 16.1. The molecule has 0 heterocycles. The van der Waals surface area contributed by atoms with E-state index in [0.29, 0.717) is 12.1 Å². The molecule has 0 aliphatic heterocycles. The number of benzene rings is 1. The molecule has 0 aliphatic rings. The lowest BCUT2D eigenvalue weighted by Gasteiger charge is -2.09. The van der Waals surface area contributed by atoms with Gasteiger partial charge in [0.15, 0.2) is 0 Å². The van der Waals surface area contributed by atoms with Gasteiger partial charge in [0.1, 0.15) is 0 Å². The predicted molar refractivity (Wildman–Crippen MR) is 63.1 cm³/mol. The topological polar surface area (TPSA) is 41.1 Å². The molecule has 0 saturated carbocycles. The van der Waals surface area contributed by atoms with Crippen molar-refractivity contribution in [3.8, 4) is 0 Å². The van der Waals surface area contributed by atoms with Gasteiger partial charge < -0.3 is 10.6 Å². The fourth-order valence-corrected chi connectivity index (χ4v) is 1.29. The summed E-state index contributed by atoms with van der Waals surface area (Å²) in [4.78, 5) is 11.7. The highest BCUT2D eigenvalue weighted by molar-refractivity contribution is 5.99. The Kier molecular flexibility index (Phi) is 4.41. The molecular weight excluding hydrogens is 188 g/mol. The predicted octanol–water partition coefficient (Wildman–Crippen LogP) is 2.03.